The molecule has 2 aliphatic carbocycles. The second-order valence-corrected chi connectivity index (χ2v) is 61.2. The molecule has 26 heteroatoms. The van der Waals surface area contributed by atoms with E-state index in [0.717, 1.165) is 37.7 Å². The molecule has 7 fully saturated rings. The van der Waals surface area contributed by atoms with Crippen molar-refractivity contribution in [3.05, 3.63) is 43.3 Å². The summed E-state index contributed by atoms with van der Waals surface area (Å²) in [6.45, 7) is 24.4. The number of carbonyl (C=O) groups is 7. The molecule has 11 atom stereocenters. The van der Waals surface area contributed by atoms with E-state index in [1.165, 1.54) is 27.1 Å². The Morgan fingerprint density at radius 3 is 1.52 bits per heavy atom. The Morgan fingerprint density at radius 1 is 0.705 bits per heavy atom. The summed E-state index contributed by atoms with van der Waals surface area (Å²) >= 11 is 12.0. The van der Waals surface area contributed by atoms with Crippen molar-refractivity contribution in [1.29, 1.82) is 0 Å². The van der Waals surface area contributed by atoms with Crippen LogP contribution in [-0.2, 0) is 54.5 Å². The molecule has 4 amide bonds. The number of Topliss-reactive ketones (excluding diaryl/α,β-unsaturated/α-hetero) is 1. The minimum atomic E-state index is -2.48. The first-order valence-electron chi connectivity index (χ1n) is 30.1. The van der Waals surface area contributed by atoms with Crippen LogP contribution in [-0.4, -0.2) is 154 Å². The number of ketones is 1. The van der Waals surface area contributed by atoms with Crippen molar-refractivity contribution < 1.29 is 76.1 Å². The molecule has 88 heavy (non-hydrogen) atoms. The van der Waals surface area contributed by atoms with Gasteiger partial charge < -0.3 is 58.0 Å². The summed E-state index contributed by atoms with van der Waals surface area (Å²) in [6, 6.07) is 9.30. The molecule has 2 unspecified atom stereocenters. The zero-order valence-electron chi connectivity index (χ0n) is 53.3. The SMILES string of the molecule is C.CC.CC(=O)C1CCNC1=O.CC(C)[C@H]1CC[C@H](C)C[C@@H]1OC(=O)C1CCNC1=O.CC(C)[C@H]1CC[C@H](C)C[C@@H]1OC(=O)[C@]1(F)CCNC1=O.CCI.CCI.O=C(OCc1ccccc1)N1CC[C@@](F)(CO)C1.OC[C@]1(F)CCNC1.[CH3-].[I][V]([I])[I]. The number of alkyl halides is 5. The molecule has 8 rings (SSSR count). The van der Waals surface area contributed by atoms with Gasteiger partial charge in [-0.05, 0) is 108 Å². The Balaban J connectivity index is -0.00000100. The van der Waals surface area contributed by atoms with Crippen LogP contribution in [0.1, 0.15) is 160 Å². The second kappa shape index (κ2) is 49.9. The van der Waals surface area contributed by atoms with E-state index in [-0.39, 0.29) is 113 Å². The molecule has 5 saturated heterocycles. The Kier molecular flexibility index (Phi) is 51.9. The Bertz CT molecular complexity index is 2130. The summed E-state index contributed by atoms with van der Waals surface area (Å²) in [5.74, 6) is -0.758. The van der Waals surface area contributed by atoms with Gasteiger partial charge in [-0.2, -0.15) is 0 Å². The van der Waals surface area contributed by atoms with E-state index in [0.29, 0.717) is 75.0 Å². The number of esters is 2. The van der Waals surface area contributed by atoms with Gasteiger partial charge in [0.05, 0.1) is 25.7 Å². The van der Waals surface area contributed by atoms with E-state index in [4.69, 9.17) is 24.4 Å². The Morgan fingerprint density at radius 2 is 1.17 bits per heavy atom. The summed E-state index contributed by atoms with van der Waals surface area (Å²) in [7, 11) is 0. The Labute approximate surface area is 591 Å². The fourth-order valence-electron chi connectivity index (χ4n) is 10.3. The Hall–Kier alpha value is -0.586. The van der Waals surface area contributed by atoms with Gasteiger partial charge in [0.25, 0.3) is 11.6 Å². The number of rotatable bonds is 11. The van der Waals surface area contributed by atoms with Crippen LogP contribution in [0.5, 0.6) is 0 Å². The van der Waals surface area contributed by atoms with Gasteiger partial charge in [0.15, 0.2) is 5.67 Å². The van der Waals surface area contributed by atoms with Crippen LogP contribution in [0.4, 0.5) is 18.0 Å². The van der Waals surface area contributed by atoms with E-state index in [9.17, 15) is 46.7 Å². The monoisotopic (exact) mass is 1860 g/mol. The number of hydrogen-bond acceptors (Lipinski definition) is 13. The van der Waals surface area contributed by atoms with Gasteiger partial charge in [-0.3, -0.25) is 24.0 Å². The number of aliphatic hydroxyl groups is 2. The molecule has 0 spiro atoms. The number of benzene rings is 1. The minimum absolute atomic E-state index is 0. The molecule has 1 aromatic carbocycles. The number of likely N-dealkylation sites (tertiary alicyclic amines) is 1. The van der Waals surface area contributed by atoms with Crippen molar-refractivity contribution in [2.75, 3.05) is 67.9 Å². The zero-order valence-corrected chi connectivity index (χ0v) is 65.5. The van der Waals surface area contributed by atoms with Gasteiger partial charge in [0.1, 0.15) is 36.2 Å². The third-order valence-corrected chi connectivity index (χ3v) is 15.3. The van der Waals surface area contributed by atoms with Gasteiger partial charge in [0.2, 0.25) is 11.8 Å². The third kappa shape index (κ3) is 35.2. The maximum atomic E-state index is 14.4. The average molecular weight is 1860 g/mol. The number of ether oxygens (including phenoxy) is 3. The molecule has 1 aromatic rings. The average Bonchev–Trinajstić information content (AvgIpc) is 3.66. The van der Waals surface area contributed by atoms with Gasteiger partial charge in [-0.25, -0.2) is 22.8 Å². The van der Waals surface area contributed by atoms with Crippen LogP contribution in [0.3, 0.4) is 0 Å². The number of amides is 4. The number of hydrogen-bond donors (Lipinski definition) is 6. The topological polar surface area (TPSA) is 239 Å². The van der Waals surface area contributed by atoms with E-state index >= 15 is 0 Å². The molecule has 514 valence electrons. The van der Waals surface area contributed by atoms with Crippen LogP contribution in [0.2, 0.25) is 0 Å². The standard InChI is InChI=1S/C15H24FNO3.C15H25NO3.C13H16FNO3.C6H9NO2.C5H10FNO.2C2H5I.C2H6.CH4.CH3.3HI.V/c1-9(2)11-5-4-10(3)8-12(11)20-14(19)15(16)6-7-17-13(15)18;1-9(2)11-5-4-10(3)8-13(11)19-15(18)12-6-7-16-14(12)17;14-13(10-16)6-7-15(9-13)12(17)18-8-11-4-2-1-3-5-11;1-4(8)5-2-3-7-6(5)9;6-5(4-8)1-2-7-3-5;2*1-2-3;1-2;;;;;;/h9-12H,4-8H2,1-3H3,(H,17,18);9-13H,4-8H2,1-3H3,(H,16,17);1-5,16H,6-10H2;5H,2-3H2,1H3,(H,7,9);7-8H,1-4H2;2*2H2,1H3;1-2H3;1H4;1H3;3*1H;/q;;;;;;;;;-1;;;;+3/p-3/t10-,11+,12-,15-;10-,11+,12?,13-;13-;;5-;;;;;;;;;/m000.0........./s1. The van der Waals surface area contributed by atoms with E-state index in [1.54, 1.807) is 0 Å². The predicted octanol–water partition coefficient (Wildman–Crippen LogP) is 13.1. The number of carbonyl (C=O) groups excluding carboxylic acids is 7. The fourth-order valence-corrected chi connectivity index (χ4v) is 10.3. The zero-order chi connectivity index (χ0) is 65.8. The normalized spacial score (nSPS) is 28.0. The molecular weight excluding hydrogens is 1750 g/mol. The molecule has 5 aliphatic heterocycles. The summed E-state index contributed by atoms with van der Waals surface area (Å²) in [5, 5.41) is 27.8. The summed E-state index contributed by atoms with van der Waals surface area (Å²) in [5.41, 5.74) is -4.59. The van der Waals surface area contributed by atoms with Crippen molar-refractivity contribution >= 4 is 147 Å². The summed E-state index contributed by atoms with van der Waals surface area (Å²) in [6.07, 6.45) is 7.03. The quantitative estimate of drug-likeness (QED) is 0.0302. The molecule has 0 radical (unpaired) electrons. The molecule has 2 saturated carbocycles. The van der Waals surface area contributed by atoms with Crippen LogP contribution >= 0.6 is 105 Å². The number of nitrogens with zero attached hydrogens (tertiary/aromatic N) is 1. The molecule has 6 N–H and O–H groups in total. The molecule has 5 heterocycles. The summed E-state index contributed by atoms with van der Waals surface area (Å²) < 4.78 is 59.5. The second-order valence-electron chi connectivity index (χ2n) is 22.7. The molecule has 0 bridgehead atoms. The van der Waals surface area contributed by atoms with E-state index in [1.807, 2.05) is 44.2 Å². The van der Waals surface area contributed by atoms with Crippen molar-refractivity contribution in [1.82, 2.24) is 26.2 Å². The predicted molar refractivity (Wildman–Crippen MR) is 385 cm³/mol. The van der Waals surface area contributed by atoms with Gasteiger partial charge in [-0.1, -0.05) is 165 Å². The van der Waals surface area contributed by atoms with E-state index in [2.05, 4.69) is 182 Å². The maximum absolute atomic E-state index is 14.4. The van der Waals surface area contributed by atoms with Crippen molar-refractivity contribution in [3.63, 3.8) is 0 Å². The van der Waals surface area contributed by atoms with Crippen molar-refractivity contribution in [3.8, 4) is 0 Å². The van der Waals surface area contributed by atoms with Gasteiger partial charge in [-0.15, -0.1) is 0 Å². The molecule has 7 aliphatic rings. The number of nitrogens with one attached hydrogen (secondary N) is 4. The first-order chi connectivity index (χ1) is 40.5. The van der Waals surface area contributed by atoms with E-state index < -0.39 is 47.5 Å². The first-order valence-corrected chi connectivity index (χ1v) is 46.7. The van der Waals surface area contributed by atoms with Crippen LogP contribution in [0, 0.1) is 54.8 Å². The van der Waals surface area contributed by atoms with Gasteiger partial charge >= 0.3 is 82.9 Å². The molecule has 17 nitrogen and oxygen atoms in total. The number of aliphatic hydroxyl groups excluding tert-OH is 2. The molecule has 0 aromatic heterocycles. The van der Waals surface area contributed by atoms with Crippen molar-refractivity contribution in [2.24, 2.45) is 47.3 Å². The van der Waals surface area contributed by atoms with Gasteiger partial charge in [0, 0.05) is 45.6 Å². The van der Waals surface area contributed by atoms with Crippen LogP contribution < -0.4 is 21.3 Å². The fraction of sp³-hybridized carbons (Fsp3) is 0.774. The molecular formula is C62H107F3I5N5O12V-. The van der Waals surface area contributed by atoms with Crippen molar-refractivity contribution in [2.45, 2.75) is 190 Å². The van der Waals surface area contributed by atoms with Crippen LogP contribution in [0.25, 0.3) is 0 Å². The number of halogens is 8. The van der Waals surface area contributed by atoms with Crippen LogP contribution in [0.15, 0.2) is 30.3 Å². The first kappa shape index (κ1) is 91.6. The third-order valence-electron chi connectivity index (χ3n) is 15.3. The summed E-state index contributed by atoms with van der Waals surface area (Å²) in [4.78, 5) is 81.1.